The summed E-state index contributed by atoms with van der Waals surface area (Å²) >= 11 is 5.96. The molecule has 0 atom stereocenters. The average Bonchev–Trinajstić information content (AvgIpc) is 2.93. The molecule has 0 bridgehead atoms. The fraction of sp³-hybridized carbons (Fsp3) is 0.235. The second-order valence-electron chi connectivity index (χ2n) is 5.13. The third kappa shape index (κ3) is 3.07. The summed E-state index contributed by atoms with van der Waals surface area (Å²) in [5, 5.41) is 0.347. The Morgan fingerprint density at radius 1 is 1.18 bits per heavy atom. The second kappa shape index (κ2) is 6.36. The van der Waals surface area contributed by atoms with Crippen molar-refractivity contribution in [1.82, 2.24) is 0 Å². The van der Waals surface area contributed by atoms with E-state index in [2.05, 4.69) is 0 Å². The Labute approximate surface area is 133 Å². The molecule has 2 aromatic rings. The van der Waals surface area contributed by atoms with Gasteiger partial charge in [0.05, 0.1) is 5.02 Å². The zero-order chi connectivity index (χ0) is 15.5. The molecule has 0 spiro atoms. The summed E-state index contributed by atoms with van der Waals surface area (Å²) in [4.78, 5) is 13.4. The van der Waals surface area contributed by atoms with Crippen LogP contribution in [0.1, 0.15) is 18.4 Å². The van der Waals surface area contributed by atoms with Crippen LogP contribution in [0.2, 0.25) is 5.02 Å². The van der Waals surface area contributed by atoms with E-state index in [1.165, 1.54) is 6.07 Å². The van der Waals surface area contributed by atoms with E-state index >= 15 is 0 Å². The zero-order valence-corrected chi connectivity index (χ0v) is 12.6. The van der Waals surface area contributed by atoms with Crippen molar-refractivity contribution in [1.29, 1.82) is 0 Å². The monoisotopic (exact) mass is 319 g/mol. The number of carbonyl (C=O) groups is 1. The van der Waals surface area contributed by atoms with Gasteiger partial charge in [0.15, 0.2) is 0 Å². The van der Waals surface area contributed by atoms with Crippen LogP contribution in [0.5, 0.6) is 5.75 Å². The van der Waals surface area contributed by atoms with Gasteiger partial charge in [0.1, 0.15) is 18.2 Å². The fourth-order valence-electron chi connectivity index (χ4n) is 2.47. The van der Waals surface area contributed by atoms with Gasteiger partial charge >= 0.3 is 0 Å². The molecule has 1 fully saturated rings. The molecule has 0 saturated carbocycles. The molecule has 1 saturated heterocycles. The van der Waals surface area contributed by atoms with E-state index in [0.29, 0.717) is 22.8 Å². The van der Waals surface area contributed by atoms with Crippen LogP contribution in [0, 0.1) is 5.82 Å². The van der Waals surface area contributed by atoms with Gasteiger partial charge in [-0.2, -0.15) is 0 Å². The van der Waals surface area contributed by atoms with Crippen molar-refractivity contribution in [2.24, 2.45) is 0 Å². The molecule has 3 nitrogen and oxygen atoms in total. The Kier molecular flexibility index (Phi) is 4.29. The van der Waals surface area contributed by atoms with Crippen LogP contribution in [0.15, 0.2) is 42.5 Å². The highest BCUT2D eigenvalue weighted by Crippen LogP contribution is 2.25. The van der Waals surface area contributed by atoms with Crippen molar-refractivity contribution in [3.8, 4) is 5.75 Å². The topological polar surface area (TPSA) is 29.5 Å². The van der Waals surface area contributed by atoms with Crippen LogP contribution >= 0.6 is 11.6 Å². The van der Waals surface area contributed by atoms with Crippen LogP contribution in [-0.2, 0) is 11.4 Å². The van der Waals surface area contributed by atoms with Gasteiger partial charge in [-0.15, -0.1) is 0 Å². The van der Waals surface area contributed by atoms with E-state index in [1.807, 2.05) is 12.1 Å². The molecule has 0 unspecified atom stereocenters. The van der Waals surface area contributed by atoms with Crippen molar-refractivity contribution in [3.63, 3.8) is 0 Å². The SMILES string of the molecule is O=C1CCCN1c1ccc(OCc2c(F)cccc2Cl)cc1. The first-order valence-electron chi connectivity index (χ1n) is 7.11. The number of amides is 1. The first kappa shape index (κ1) is 14.9. The lowest BCUT2D eigenvalue weighted by Gasteiger charge is -2.16. The number of anilines is 1. The number of nitrogens with zero attached hydrogens (tertiary/aromatic N) is 1. The second-order valence-corrected chi connectivity index (χ2v) is 5.54. The largest absolute Gasteiger partial charge is 0.489 e. The molecule has 1 aliphatic heterocycles. The number of ether oxygens (including phenoxy) is 1. The highest BCUT2D eigenvalue weighted by molar-refractivity contribution is 6.31. The lowest BCUT2D eigenvalue weighted by atomic mass is 10.2. The van der Waals surface area contributed by atoms with Crippen LogP contribution in [0.4, 0.5) is 10.1 Å². The molecule has 5 heteroatoms. The summed E-state index contributed by atoms with van der Waals surface area (Å²) < 4.78 is 19.2. The van der Waals surface area contributed by atoms with E-state index in [0.717, 1.165) is 18.7 Å². The van der Waals surface area contributed by atoms with E-state index in [-0.39, 0.29) is 18.3 Å². The summed E-state index contributed by atoms with van der Waals surface area (Å²) in [7, 11) is 0. The smallest absolute Gasteiger partial charge is 0.227 e. The van der Waals surface area contributed by atoms with E-state index in [4.69, 9.17) is 16.3 Å². The first-order valence-corrected chi connectivity index (χ1v) is 7.49. The molecular weight excluding hydrogens is 305 g/mol. The maximum absolute atomic E-state index is 13.7. The summed E-state index contributed by atoms with van der Waals surface area (Å²) in [5.41, 5.74) is 1.20. The fourth-order valence-corrected chi connectivity index (χ4v) is 2.69. The maximum atomic E-state index is 13.7. The summed E-state index contributed by atoms with van der Waals surface area (Å²) in [6.45, 7) is 0.817. The predicted octanol–water partition coefficient (Wildman–Crippen LogP) is 4.18. The number of rotatable bonds is 4. The van der Waals surface area contributed by atoms with Crippen LogP contribution < -0.4 is 9.64 Å². The third-order valence-corrected chi connectivity index (χ3v) is 4.02. The number of carbonyl (C=O) groups excluding carboxylic acids is 1. The zero-order valence-electron chi connectivity index (χ0n) is 11.9. The Morgan fingerprint density at radius 2 is 1.95 bits per heavy atom. The Bertz CT molecular complexity index is 667. The summed E-state index contributed by atoms with van der Waals surface area (Å²) in [6, 6.07) is 11.8. The standard InChI is InChI=1S/C17H15ClFNO2/c18-15-3-1-4-16(19)14(15)11-22-13-8-6-12(7-9-13)20-10-2-5-17(20)21/h1,3-4,6-9H,2,5,10-11H2. The summed E-state index contributed by atoms with van der Waals surface area (Å²) in [5.74, 6) is 0.369. The van der Waals surface area contributed by atoms with Gasteiger partial charge in [0.2, 0.25) is 5.91 Å². The highest BCUT2D eigenvalue weighted by atomic mass is 35.5. The average molecular weight is 320 g/mol. The molecule has 1 amide bonds. The Morgan fingerprint density at radius 3 is 2.59 bits per heavy atom. The molecule has 1 heterocycles. The first-order chi connectivity index (χ1) is 10.6. The molecule has 0 N–H and O–H groups in total. The molecule has 114 valence electrons. The number of hydrogen-bond donors (Lipinski definition) is 0. The van der Waals surface area contributed by atoms with Crippen molar-refractivity contribution < 1.29 is 13.9 Å². The van der Waals surface area contributed by atoms with E-state index in [1.54, 1.807) is 29.2 Å². The Balaban J connectivity index is 1.68. The number of hydrogen-bond acceptors (Lipinski definition) is 2. The lowest BCUT2D eigenvalue weighted by Crippen LogP contribution is -2.23. The molecule has 1 aliphatic rings. The molecule has 0 aromatic heterocycles. The number of benzene rings is 2. The van der Waals surface area contributed by atoms with Gasteiger partial charge in [0.25, 0.3) is 0 Å². The van der Waals surface area contributed by atoms with Crippen LogP contribution in [-0.4, -0.2) is 12.5 Å². The third-order valence-electron chi connectivity index (χ3n) is 3.67. The van der Waals surface area contributed by atoms with E-state index in [9.17, 15) is 9.18 Å². The van der Waals surface area contributed by atoms with Crippen molar-refractivity contribution in [3.05, 3.63) is 58.9 Å². The van der Waals surface area contributed by atoms with Gasteiger partial charge in [-0.25, -0.2) is 4.39 Å². The number of halogens is 2. The minimum Gasteiger partial charge on any atom is -0.489 e. The van der Waals surface area contributed by atoms with Crippen LogP contribution in [0.3, 0.4) is 0 Å². The van der Waals surface area contributed by atoms with Crippen molar-refractivity contribution in [2.75, 3.05) is 11.4 Å². The quantitative estimate of drug-likeness (QED) is 0.846. The van der Waals surface area contributed by atoms with Crippen molar-refractivity contribution >= 4 is 23.2 Å². The molecule has 2 aromatic carbocycles. The molecule has 0 aliphatic carbocycles. The van der Waals surface area contributed by atoms with Gasteiger partial charge in [-0.3, -0.25) is 4.79 Å². The molecule has 0 radical (unpaired) electrons. The lowest BCUT2D eigenvalue weighted by molar-refractivity contribution is -0.117. The summed E-state index contributed by atoms with van der Waals surface area (Å²) in [6.07, 6.45) is 1.49. The van der Waals surface area contributed by atoms with E-state index < -0.39 is 0 Å². The minimum atomic E-state index is -0.383. The van der Waals surface area contributed by atoms with Crippen LogP contribution in [0.25, 0.3) is 0 Å². The normalized spacial score (nSPS) is 14.5. The maximum Gasteiger partial charge on any atom is 0.227 e. The predicted molar refractivity (Wildman–Crippen MR) is 83.8 cm³/mol. The molecule has 22 heavy (non-hydrogen) atoms. The van der Waals surface area contributed by atoms with Gasteiger partial charge in [-0.05, 0) is 42.8 Å². The van der Waals surface area contributed by atoms with Crippen molar-refractivity contribution in [2.45, 2.75) is 19.4 Å². The van der Waals surface area contributed by atoms with Gasteiger partial charge < -0.3 is 9.64 Å². The minimum absolute atomic E-state index is 0.0630. The molecule has 3 rings (SSSR count). The Hall–Kier alpha value is -2.07. The van der Waals surface area contributed by atoms with Gasteiger partial charge in [-0.1, -0.05) is 17.7 Å². The molecular formula is C17H15ClFNO2. The highest BCUT2D eigenvalue weighted by Gasteiger charge is 2.21. The van der Waals surface area contributed by atoms with Gasteiger partial charge in [0, 0.05) is 24.2 Å².